The van der Waals surface area contributed by atoms with Gasteiger partial charge >= 0.3 is 0 Å². The van der Waals surface area contributed by atoms with Crippen molar-refractivity contribution >= 4 is 45.0 Å². The van der Waals surface area contributed by atoms with E-state index < -0.39 is 21.2 Å². The SMILES string of the molecule is COc1ccc(C)cc1NS(=O)(=O)c1ccc2c(c1)NC(=O)[C@@H](C(=O)N1CCCC1)S2. The quantitative estimate of drug-likeness (QED) is 0.664. The minimum Gasteiger partial charge on any atom is -0.495 e. The van der Waals surface area contributed by atoms with Crippen molar-refractivity contribution in [2.24, 2.45) is 0 Å². The van der Waals surface area contributed by atoms with Crippen LogP contribution in [0.25, 0.3) is 0 Å². The van der Waals surface area contributed by atoms with Crippen LogP contribution in [-0.2, 0) is 19.6 Å². The number of amides is 2. The van der Waals surface area contributed by atoms with E-state index in [1.165, 1.54) is 19.2 Å². The maximum atomic E-state index is 12.9. The number of carbonyl (C=O) groups is 2. The molecule has 1 atom stereocenters. The minimum atomic E-state index is -3.92. The summed E-state index contributed by atoms with van der Waals surface area (Å²) in [5.74, 6) is -0.230. The van der Waals surface area contributed by atoms with Gasteiger partial charge in [-0.25, -0.2) is 8.42 Å². The van der Waals surface area contributed by atoms with Crippen LogP contribution >= 0.6 is 11.8 Å². The largest absolute Gasteiger partial charge is 0.495 e. The third-order valence-electron chi connectivity index (χ3n) is 5.24. The third kappa shape index (κ3) is 4.35. The zero-order chi connectivity index (χ0) is 22.2. The van der Waals surface area contributed by atoms with E-state index in [-0.39, 0.29) is 10.8 Å². The molecule has 164 valence electrons. The monoisotopic (exact) mass is 461 g/mol. The highest BCUT2D eigenvalue weighted by atomic mass is 32.2. The number of benzene rings is 2. The Morgan fingerprint density at radius 2 is 1.94 bits per heavy atom. The van der Waals surface area contributed by atoms with Crippen molar-refractivity contribution in [3.05, 3.63) is 42.0 Å². The molecule has 0 aromatic heterocycles. The number of sulfonamides is 1. The predicted molar refractivity (Wildman–Crippen MR) is 119 cm³/mol. The van der Waals surface area contributed by atoms with Gasteiger partial charge in [-0.15, -0.1) is 11.8 Å². The number of likely N-dealkylation sites (tertiary alicyclic amines) is 1. The maximum Gasteiger partial charge on any atom is 0.262 e. The van der Waals surface area contributed by atoms with Gasteiger partial charge in [-0.2, -0.15) is 0 Å². The number of methoxy groups -OCH3 is 1. The van der Waals surface area contributed by atoms with Gasteiger partial charge in [0.05, 0.1) is 23.4 Å². The van der Waals surface area contributed by atoms with Crippen LogP contribution in [0.4, 0.5) is 11.4 Å². The van der Waals surface area contributed by atoms with Gasteiger partial charge in [0.1, 0.15) is 5.75 Å². The molecule has 8 nitrogen and oxygen atoms in total. The summed E-state index contributed by atoms with van der Waals surface area (Å²) in [5.41, 5.74) is 1.58. The van der Waals surface area contributed by atoms with Crippen LogP contribution in [-0.4, -0.2) is 50.6 Å². The first kappa shape index (κ1) is 21.5. The van der Waals surface area contributed by atoms with Gasteiger partial charge in [0.25, 0.3) is 10.0 Å². The summed E-state index contributed by atoms with van der Waals surface area (Å²) < 4.78 is 33.7. The average molecular weight is 462 g/mol. The van der Waals surface area contributed by atoms with Crippen molar-refractivity contribution in [2.75, 3.05) is 30.2 Å². The molecule has 0 aliphatic carbocycles. The van der Waals surface area contributed by atoms with Gasteiger partial charge in [-0.1, -0.05) is 6.07 Å². The number of fused-ring (bicyclic) bond motifs is 1. The van der Waals surface area contributed by atoms with Crippen LogP contribution in [0.1, 0.15) is 18.4 Å². The van der Waals surface area contributed by atoms with E-state index >= 15 is 0 Å². The molecule has 0 bridgehead atoms. The molecule has 2 aromatic carbocycles. The lowest BCUT2D eigenvalue weighted by molar-refractivity contribution is -0.133. The summed E-state index contributed by atoms with van der Waals surface area (Å²) in [5, 5.41) is 1.84. The fourth-order valence-electron chi connectivity index (χ4n) is 3.63. The zero-order valence-corrected chi connectivity index (χ0v) is 18.8. The molecule has 0 radical (unpaired) electrons. The summed E-state index contributed by atoms with van der Waals surface area (Å²) in [7, 11) is -2.46. The minimum absolute atomic E-state index is 0.0000265. The summed E-state index contributed by atoms with van der Waals surface area (Å²) in [6, 6.07) is 9.68. The van der Waals surface area contributed by atoms with E-state index in [2.05, 4.69) is 10.0 Å². The lowest BCUT2D eigenvalue weighted by Gasteiger charge is -2.27. The Morgan fingerprint density at radius 3 is 2.65 bits per heavy atom. The zero-order valence-electron chi connectivity index (χ0n) is 17.2. The highest BCUT2D eigenvalue weighted by Gasteiger charge is 2.37. The van der Waals surface area contributed by atoms with Crippen LogP contribution in [0.2, 0.25) is 0 Å². The second kappa shape index (κ2) is 8.43. The van der Waals surface area contributed by atoms with E-state index in [0.29, 0.717) is 35.1 Å². The topological polar surface area (TPSA) is 105 Å². The van der Waals surface area contributed by atoms with Gasteiger partial charge in [-0.05, 0) is 55.7 Å². The molecule has 31 heavy (non-hydrogen) atoms. The molecule has 2 aliphatic heterocycles. The second-order valence-electron chi connectivity index (χ2n) is 7.49. The molecule has 1 saturated heterocycles. The molecule has 2 aliphatic rings. The van der Waals surface area contributed by atoms with E-state index in [0.717, 1.165) is 30.2 Å². The number of thioether (sulfide) groups is 1. The normalized spacial score (nSPS) is 18.3. The van der Waals surface area contributed by atoms with Crippen molar-refractivity contribution in [3.63, 3.8) is 0 Å². The first-order valence-corrected chi connectivity index (χ1v) is 12.2. The van der Waals surface area contributed by atoms with Crippen LogP contribution < -0.4 is 14.8 Å². The number of rotatable bonds is 5. The van der Waals surface area contributed by atoms with Gasteiger partial charge in [0.15, 0.2) is 5.25 Å². The van der Waals surface area contributed by atoms with Crippen molar-refractivity contribution in [2.45, 2.75) is 34.8 Å². The Kier molecular flexibility index (Phi) is 5.85. The first-order valence-electron chi connectivity index (χ1n) is 9.86. The fraction of sp³-hybridized carbons (Fsp3) is 0.333. The molecule has 0 spiro atoms. The maximum absolute atomic E-state index is 12.9. The molecule has 0 saturated carbocycles. The summed E-state index contributed by atoms with van der Waals surface area (Å²) in [6.45, 7) is 3.19. The van der Waals surface area contributed by atoms with Gasteiger partial charge in [0.2, 0.25) is 11.8 Å². The summed E-state index contributed by atoms with van der Waals surface area (Å²) >= 11 is 1.15. The smallest absolute Gasteiger partial charge is 0.262 e. The molecule has 2 N–H and O–H groups in total. The number of anilines is 2. The fourth-order valence-corrected chi connectivity index (χ4v) is 5.77. The number of aryl methyl sites for hydroxylation is 1. The predicted octanol–water partition coefficient (Wildman–Crippen LogP) is 2.84. The lowest BCUT2D eigenvalue weighted by atomic mass is 10.2. The first-order chi connectivity index (χ1) is 14.8. The molecular formula is C21H23N3O5S2. The Labute approximate surface area is 185 Å². The van der Waals surface area contributed by atoms with Crippen molar-refractivity contribution < 1.29 is 22.7 Å². The summed E-state index contributed by atoms with van der Waals surface area (Å²) in [4.78, 5) is 27.6. The molecule has 1 fully saturated rings. The second-order valence-corrected chi connectivity index (χ2v) is 10.3. The molecule has 0 unspecified atom stereocenters. The van der Waals surface area contributed by atoms with Crippen LogP contribution in [0.5, 0.6) is 5.75 Å². The molecular weight excluding hydrogens is 438 g/mol. The van der Waals surface area contributed by atoms with Crippen molar-refractivity contribution in [1.82, 2.24) is 4.90 Å². The van der Waals surface area contributed by atoms with Gasteiger partial charge in [-0.3, -0.25) is 14.3 Å². The number of hydrogen-bond acceptors (Lipinski definition) is 6. The molecule has 2 heterocycles. The summed E-state index contributed by atoms with van der Waals surface area (Å²) in [6.07, 6.45) is 1.89. The number of nitrogens with one attached hydrogen (secondary N) is 2. The average Bonchev–Trinajstić information content (AvgIpc) is 3.27. The van der Waals surface area contributed by atoms with Crippen LogP contribution in [0.15, 0.2) is 46.2 Å². The van der Waals surface area contributed by atoms with E-state index in [1.807, 2.05) is 13.0 Å². The van der Waals surface area contributed by atoms with E-state index in [9.17, 15) is 18.0 Å². The Hall–Kier alpha value is -2.72. The molecule has 4 rings (SSSR count). The van der Waals surface area contributed by atoms with Gasteiger partial charge in [0, 0.05) is 18.0 Å². The number of nitrogens with zero attached hydrogens (tertiary/aromatic N) is 1. The standard InChI is InChI=1S/C21H23N3O5S2/c1-13-5-7-17(29-2)15(11-13)23-31(27,28)14-6-8-18-16(12-14)22-20(25)19(30-18)21(26)24-9-3-4-10-24/h5-8,11-12,19,23H,3-4,9-10H2,1-2H3,(H,22,25)/t19-/m0/s1. The lowest BCUT2D eigenvalue weighted by Crippen LogP contribution is -2.43. The Bertz CT molecular complexity index is 1140. The van der Waals surface area contributed by atoms with E-state index in [1.54, 1.807) is 23.1 Å². The number of carbonyl (C=O) groups excluding carboxylic acids is 2. The Balaban J connectivity index is 1.57. The van der Waals surface area contributed by atoms with Crippen molar-refractivity contribution in [3.8, 4) is 5.75 Å². The third-order valence-corrected chi connectivity index (χ3v) is 7.87. The highest BCUT2D eigenvalue weighted by molar-refractivity contribution is 8.01. The number of ether oxygens (including phenoxy) is 1. The molecule has 2 aromatic rings. The molecule has 10 heteroatoms. The Morgan fingerprint density at radius 1 is 1.19 bits per heavy atom. The van der Waals surface area contributed by atoms with E-state index in [4.69, 9.17) is 4.74 Å². The van der Waals surface area contributed by atoms with Crippen LogP contribution in [0.3, 0.4) is 0 Å². The number of hydrogen-bond donors (Lipinski definition) is 2. The molecule has 2 amide bonds. The van der Waals surface area contributed by atoms with Gasteiger partial charge < -0.3 is 15.0 Å². The van der Waals surface area contributed by atoms with Crippen molar-refractivity contribution in [1.29, 1.82) is 0 Å². The highest BCUT2D eigenvalue weighted by Crippen LogP contribution is 2.38. The van der Waals surface area contributed by atoms with Crippen LogP contribution in [0, 0.1) is 6.92 Å².